The Balaban J connectivity index is 3.71. The van der Waals surface area contributed by atoms with Crippen LogP contribution in [0, 0.1) is 0 Å². The molecule has 4 N–H and O–H groups in total. The summed E-state index contributed by atoms with van der Waals surface area (Å²) in [5, 5.41) is 36.6. The molecule has 1 rings (SSSR count). The Labute approximate surface area is 121 Å². The van der Waals surface area contributed by atoms with Gasteiger partial charge in [-0.25, -0.2) is 0 Å². The number of carboxylic acid groups (broad SMARTS) is 4. The first-order chi connectivity index (χ1) is 9.11. The second-order valence-corrected chi connectivity index (χ2v) is 12.2. The molecule has 0 unspecified atom stereocenters. The maximum atomic E-state index is 11.2. The Hall–Kier alpha value is -1.52. The molecule has 1 aliphatic rings. The van der Waals surface area contributed by atoms with Crippen LogP contribution in [0.2, 0.25) is 11.4 Å². The van der Waals surface area contributed by atoms with Crippen LogP contribution in [-0.4, -0.2) is 73.6 Å². The van der Waals surface area contributed by atoms with E-state index in [0.29, 0.717) is 0 Å². The molecule has 1 aliphatic heterocycles. The molecule has 0 aromatic heterocycles. The van der Waals surface area contributed by atoms with E-state index in [4.69, 9.17) is 20.4 Å². The predicted octanol–water partition coefficient (Wildman–Crippen LogP) is -0.662. The Bertz CT molecular complexity index is 488. The zero-order valence-corrected chi connectivity index (χ0v) is 14.1. The van der Waals surface area contributed by atoms with Crippen molar-refractivity contribution in [1.82, 2.24) is 0 Å². The van der Waals surface area contributed by atoms with Crippen LogP contribution in [0.15, 0.2) is 17.4 Å². The van der Waals surface area contributed by atoms with Gasteiger partial charge in [-0.05, 0) is 0 Å². The van der Waals surface area contributed by atoms with Gasteiger partial charge in [0.2, 0.25) is 0 Å². The van der Waals surface area contributed by atoms with E-state index in [1.165, 1.54) is 11.4 Å². The van der Waals surface area contributed by atoms with Crippen molar-refractivity contribution in [1.29, 1.82) is 0 Å². The standard InChI is InChI=1S/C10H10As2O8/c1-11-3(7(13)14)5(9(17)18)12(2)6(10(19)20)4(11)8(15)16/h1-2H3,(H,13,14)(H,15,16)(H,17,18)(H,19,20). The zero-order chi connectivity index (χ0) is 15.8. The summed E-state index contributed by atoms with van der Waals surface area (Å²) in [7, 11) is 0. The molecular weight excluding hydrogens is 398 g/mol. The molecule has 8 nitrogen and oxygen atoms in total. The average molecular weight is 408 g/mol. The number of aliphatic carboxylic acids is 4. The summed E-state index contributed by atoms with van der Waals surface area (Å²) in [6, 6.07) is 0. The first-order valence-corrected chi connectivity index (χ1v) is 12.5. The van der Waals surface area contributed by atoms with Gasteiger partial charge in [-0.3, -0.25) is 0 Å². The van der Waals surface area contributed by atoms with Gasteiger partial charge in [0.15, 0.2) is 0 Å². The summed E-state index contributed by atoms with van der Waals surface area (Å²) in [6.45, 7) is 0. The molecule has 0 atom stereocenters. The van der Waals surface area contributed by atoms with Gasteiger partial charge in [0, 0.05) is 0 Å². The Morgan fingerprint density at radius 3 is 0.850 bits per heavy atom. The predicted molar refractivity (Wildman–Crippen MR) is 67.8 cm³/mol. The van der Waals surface area contributed by atoms with Gasteiger partial charge in [-0.15, -0.1) is 0 Å². The van der Waals surface area contributed by atoms with Crippen LogP contribution in [0.1, 0.15) is 0 Å². The van der Waals surface area contributed by atoms with Gasteiger partial charge in [-0.1, -0.05) is 0 Å². The van der Waals surface area contributed by atoms with Crippen molar-refractivity contribution in [3.8, 4) is 0 Å². The summed E-state index contributed by atoms with van der Waals surface area (Å²) >= 11 is -5.90. The van der Waals surface area contributed by atoms with E-state index >= 15 is 0 Å². The third-order valence-electron chi connectivity index (χ3n) is 2.60. The summed E-state index contributed by atoms with van der Waals surface area (Å²) in [6.07, 6.45) is 0. The van der Waals surface area contributed by atoms with E-state index in [0.717, 1.165) is 0 Å². The van der Waals surface area contributed by atoms with Crippen LogP contribution in [0.3, 0.4) is 0 Å². The fourth-order valence-corrected chi connectivity index (χ4v) is 15.2. The van der Waals surface area contributed by atoms with Crippen LogP contribution in [0.4, 0.5) is 0 Å². The summed E-state index contributed by atoms with van der Waals surface area (Å²) in [4.78, 5) is 45.0. The second kappa shape index (κ2) is 5.85. The molecule has 1 heterocycles. The monoisotopic (exact) mass is 408 g/mol. The molecule has 0 amide bonds. The first kappa shape index (κ1) is 16.5. The molecule has 108 valence electrons. The molecule has 0 spiro atoms. The van der Waals surface area contributed by atoms with Crippen molar-refractivity contribution in [3.05, 3.63) is 17.4 Å². The number of carboxylic acids is 4. The molecular formula is C10H10As2O8. The topological polar surface area (TPSA) is 149 Å². The number of rotatable bonds is 4. The SMILES string of the molecule is C[As]1C(C(=O)O)=C(C(=O)O)[As](C)C(C(=O)O)=C1C(=O)O. The summed E-state index contributed by atoms with van der Waals surface area (Å²) in [5.41, 5.74) is 2.65. The molecule has 0 aliphatic carbocycles. The molecule has 0 bridgehead atoms. The van der Waals surface area contributed by atoms with Crippen molar-refractivity contribution in [2.45, 2.75) is 11.4 Å². The third kappa shape index (κ3) is 2.67. The summed E-state index contributed by atoms with van der Waals surface area (Å²) in [5.74, 6) is -5.91. The quantitative estimate of drug-likeness (QED) is 0.448. The van der Waals surface area contributed by atoms with Gasteiger partial charge < -0.3 is 0 Å². The van der Waals surface area contributed by atoms with Crippen molar-refractivity contribution in [2.24, 2.45) is 0 Å². The Morgan fingerprint density at radius 2 is 0.750 bits per heavy atom. The maximum absolute atomic E-state index is 11.2. The minimum absolute atomic E-state index is 0.394. The number of hydrogen-bond acceptors (Lipinski definition) is 4. The van der Waals surface area contributed by atoms with E-state index in [1.54, 1.807) is 0 Å². The van der Waals surface area contributed by atoms with Crippen LogP contribution in [0.25, 0.3) is 0 Å². The van der Waals surface area contributed by atoms with Crippen LogP contribution in [0.5, 0.6) is 0 Å². The van der Waals surface area contributed by atoms with E-state index in [1.807, 2.05) is 0 Å². The molecule has 0 saturated heterocycles. The van der Waals surface area contributed by atoms with E-state index in [9.17, 15) is 19.2 Å². The van der Waals surface area contributed by atoms with Crippen molar-refractivity contribution >= 4 is 53.2 Å². The summed E-state index contributed by atoms with van der Waals surface area (Å²) < 4.78 is -1.57. The van der Waals surface area contributed by atoms with Gasteiger partial charge in [0.25, 0.3) is 0 Å². The average Bonchev–Trinajstić information content (AvgIpc) is 2.28. The normalized spacial score (nSPS) is 22.7. The molecule has 10 heteroatoms. The van der Waals surface area contributed by atoms with Crippen LogP contribution >= 0.6 is 0 Å². The molecule has 20 heavy (non-hydrogen) atoms. The molecule has 0 aromatic rings. The van der Waals surface area contributed by atoms with Gasteiger partial charge in [0.1, 0.15) is 0 Å². The van der Waals surface area contributed by atoms with Gasteiger partial charge in [0.05, 0.1) is 0 Å². The fraction of sp³-hybridized carbons (Fsp3) is 0.200. The zero-order valence-electron chi connectivity index (χ0n) is 10.3. The first-order valence-electron chi connectivity index (χ1n) is 5.00. The molecule has 0 fully saturated rings. The Morgan fingerprint density at radius 1 is 0.600 bits per heavy atom. The fourth-order valence-electron chi connectivity index (χ4n) is 1.84. The van der Waals surface area contributed by atoms with Crippen molar-refractivity contribution in [3.63, 3.8) is 0 Å². The Kier molecular flexibility index (Phi) is 4.84. The van der Waals surface area contributed by atoms with Crippen molar-refractivity contribution in [2.75, 3.05) is 0 Å². The second-order valence-electron chi connectivity index (χ2n) is 3.73. The number of carbonyl (C=O) groups is 4. The minimum atomic E-state index is -2.95. The van der Waals surface area contributed by atoms with E-state index in [-0.39, 0.29) is 0 Å². The molecule has 0 radical (unpaired) electrons. The molecule has 0 aromatic carbocycles. The van der Waals surface area contributed by atoms with Gasteiger partial charge in [-0.2, -0.15) is 0 Å². The molecule has 0 saturated carbocycles. The van der Waals surface area contributed by atoms with Crippen molar-refractivity contribution < 1.29 is 39.6 Å². The van der Waals surface area contributed by atoms with Crippen LogP contribution in [-0.2, 0) is 19.2 Å². The van der Waals surface area contributed by atoms with Crippen LogP contribution < -0.4 is 0 Å². The van der Waals surface area contributed by atoms with Gasteiger partial charge >= 0.3 is 122 Å². The van der Waals surface area contributed by atoms with E-state index in [2.05, 4.69) is 0 Å². The number of hydrogen-bond donors (Lipinski definition) is 4. The third-order valence-corrected chi connectivity index (χ3v) is 13.4. The van der Waals surface area contributed by atoms with E-state index < -0.39 is 70.6 Å².